The Bertz CT molecular complexity index is 513. The van der Waals surface area contributed by atoms with Gasteiger partial charge in [0.2, 0.25) is 0 Å². The molecule has 0 spiro atoms. The van der Waals surface area contributed by atoms with Gasteiger partial charge in [0.15, 0.2) is 0 Å². The van der Waals surface area contributed by atoms with Gasteiger partial charge in [-0.1, -0.05) is 63.9 Å². The molecule has 2 aromatic carbocycles. The second-order valence-electron chi connectivity index (χ2n) is 4.25. The van der Waals surface area contributed by atoms with Gasteiger partial charge in [0.1, 0.15) is 0 Å². The topological polar surface area (TPSA) is 3.24 Å². The number of alkyl halides is 1. The standard InChI is InChI=1S/C15H15BrClN/c1-18(11-12-5-3-2-4-6-12)14-8-7-13(10-16)15(17)9-14/h2-9H,10-11H2,1H3. The van der Waals surface area contributed by atoms with Gasteiger partial charge in [-0.25, -0.2) is 0 Å². The van der Waals surface area contributed by atoms with E-state index >= 15 is 0 Å². The highest BCUT2D eigenvalue weighted by Gasteiger charge is 2.05. The first-order valence-corrected chi connectivity index (χ1v) is 7.30. The van der Waals surface area contributed by atoms with Crippen LogP contribution in [0, 0.1) is 0 Å². The molecule has 94 valence electrons. The zero-order valence-corrected chi connectivity index (χ0v) is 12.6. The molecule has 0 N–H and O–H groups in total. The van der Waals surface area contributed by atoms with Crippen LogP contribution in [0.15, 0.2) is 48.5 Å². The van der Waals surface area contributed by atoms with Crippen LogP contribution in [-0.4, -0.2) is 7.05 Å². The zero-order chi connectivity index (χ0) is 13.0. The molecular weight excluding hydrogens is 310 g/mol. The summed E-state index contributed by atoms with van der Waals surface area (Å²) in [6.07, 6.45) is 0. The van der Waals surface area contributed by atoms with Crippen LogP contribution < -0.4 is 4.90 Å². The smallest absolute Gasteiger partial charge is 0.0467 e. The Morgan fingerprint density at radius 1 is 1.11 bits per heavy atom. The number of hydrogen-bond donors (Lipinski definition) is 0. The maximum absolute atomic E-state index is 6.22. The molecule has 0 amide bonds. The fourth-order valence-electron chi connectivity index (χ4n) is 1.83. The summed E-state index contributed by atoms with van der Waals surface area (Å²) in [6.45, 7) is 0.880. The van der Waals surface area contributed by atoms with Crippen LogP contribution >= 0.6 is 27.5 Å². The van der Waals surface area contributed by atoms with Crippen molar-refractivity contribution in [2.24, 2.45) is 0 Å². The van der Waals surface area contributed by atoms with E-state index in [1.54, 1.807) is 0 Å². The summed E-state index contributed by atoms with van der Waals surface area (Å²) in [5, 5.41) is 1.60. The molecule has 0 aliphatic rings. The lowest BCUT2D eigenvalue weighted by Gasteiger charge is -2.20. The molecule has 0 radical (unpaired) electrons. The van der Waals surface area contributed by atoms with Crippen molar-refractivity contribution in [1.82, 2.24) is 0 Å². The van der Waals surface area contributed by atoms with Crippen LogP contribution in [0.5, 0.6) is 0 Å². The summed E-state index contributed by atoms with van der Waals surface area (Å²) in [7, 11) is 2.08. The van der Waals surface area contributed by atoms with Crippen molar-refractivity contribution >= 4 is 33.2 Å². The summed E-state index contributed by atoms with van der Waals surface area (Å²) >= 11 is 9.65. The Hall–Kier alpha value is -0.990. The highest BCUT2D eigenvalue weighted by molar-refractivity contribution is 9.08. The molecule has 0 saturated heterocycles. The first-order chi connectivity index (χ1) is 8.70. The summed E-state index contributed by atoms with van der Waals surface area (Å²) in [4.78, 5) is 2.19. The Kier molecular flexibility index (Phi) is 4.67. The van der Waals surface area contributed by atoms with E-state index in [4.69, 9.17) is 11.6 Å². The lowest BCUT2D eigenvalue weighted by atomic mass is 10.2. The molecule has 0 aromatic heterocycles. The minimum absolute atomic E-state index is 0.786. The van der Waals surface area contributed by atoms with Gasteiger partial charge < -0.3 is 4.90 Å². The van der Waals surface area contributed by atoms with Gasteiger partial charge in [0.05, 0.1) is 0 Å². The Labute approximate surface area is 122 Å². The van der Waals surface area contributed by atoms with E-state index in [2.05, 4.69) is 64.3 Å². The Morgan fingerprint density at radius 2 is 1.83 bits per heavy atom. The molecule has 18 heavy (non-hydrogen) atoms. The van der Waals surface area contributed by atoms with E-state index in [9.17, 15) is 0 Å². The van der Waals surface area contributed by atoms with E-state index in [0.717, 1.165) is 28.1 Å². The highest BCUT2D eigenvalue weighted by Crippen LogP contribution is 2.25. The Morgan fingerprint density at radius 3 is 2.44 bits per heavy atom. The summed E-state index contributed by atoms with van der Waals surface area (Å²) in [5.41, 5.74) is 3.54. The number of halogens is 2. The van der Waals surface area contributed by atoms with Crippen molar-refractivity contribution in [3.05, 3.63) is 64.7 Å². The van der Waals surface area contributed by atoms with E-state index in [1.807, 2.05) is 12.1 Å². The van der Waals surface area contributed by atoms with Gasteiger partial charge in [-0.15, -0.1) is 0 Å². The second-order valence-corrected chi connectivity index (χ2v) is 5.22. The Balaban J connectivity index is 2.14. The number of anilines is 1. The van der Waals surface area contributed by atoms with Crippen molar-refractivity contribution in [3.8, 4) is 0 Å². The molecule has 2 rings (SSSR count). The summed E-state index contributed by atoms with van der Waals surface area (Å²) < 4.78 is 0. The van der Waals surface area contributed by atoms with Crippen molar-refractivity contribution in [1.29, 1.82) is 0 Å². The van der Waals surface area contributed by atoms with Crippen molar-refractivity contribution in [2.45, 2.75) is 11.9 Å². The minimum Gasteiger partial charge on any atom is -0.370 e. The fourth-order valence-corrected chi connectivity index (χ4v) is 2.72. The van der Waals surface area contributed by atoms with E-state index < -0.39 is 0 Å². The molecule has 2 aromatic rings. The van der Waals surface area contributed by atoms with E-state index in [1.165, 1.54) is 5.56 Å². The molecule has 0 saturated carbocycles. The maximum Gasteiger partial charge on any atom is 0.0467 e. The monoisotopic (exact) mass is 323 g/mol. The SMILES string of the molecule is CN(Cc1ccccc1)c1ccc(CBr)c(Cl)c1. The highest BCUT2D eigenvalue weighted by atomic mass is 79.9. The van der Waals surface area contributed by atoms with Gasteiger partial charge in [-0.05, 0) is 23.3 Å². The summed E-state index contributed by atoms with van der Waals surface area (Å²) in [5.74, 6) is 0. The quantitative estimate of drug-likeness (QED) is 0.725. The zero-order valence-electron chi connectivity index (χ0n) is 10.2. The maximum atomic E-state index is 6.22. The molecule has 3 heteroatoms. The first-order valence-electron chi connectivity index (χ1n) is 5.80. The van der Waals surface area contributed by atoms with Crippen molar-refractivity contribution in [2.75, 3.05) is 11.9 Å². The van der Waals surface area contributed by atoms with Gasteiger partial charge in [0.25, 0.3) is 0 Å². The van der Waals surface area contributed by atoms with Crippen LogP contribution in [-0.2, 0) is 11.9 Å². The number of benzene rings is 2. The lowest BCUT2D eigenvalue weighted by molar-refractivity contribution is 0.923. The van der Waals surface area contributed by atoms with E-state index in [0.29, 0.717) is 0 Å². The lowest BCUT2D eigenvalue weighted by Crippen LogP contribution is -2.16. The third-order valence-corrected chi connectivity index (χ3v) is 3.84. The molecule has 0 aliphatic heterocycles. The average molecular weight is 325 g/mol. The normalized spacial score (nSPS) is 10.4. The van der Waals surface area contributed by atoms with Crippen molar-refractivity contribution < 1.29 is 0 Å². The molecule has 0 atom stereocenters. The third kappa shape index (κ3) is 3.27. The molecule has 0 unspecified atom stereocenters. The molecule has 0 fully saturated rings. The van der Waals surface area contributed by atoms with Crippen molar-refractivity contribution in [3.63, 3.8) is 0 Å². The number of hydrogen-bond acceptors (Lipinski definition) is 1. The largest absolute Gasteiger partial charge is 0.370 e. The number of nitrogens with zero attached hydrogens (tertiary/aromatic N) is 1. The molecule has 0 aliphatic carbocycles. The van der Waals surface area contributed by atoms with Crippen LogP contribution in [0.25, 0.3) is 0 Å². The second kappa shape index (κ2) is 6.26. The van der Waals surface area contributed by atoms with Gasteiger partial charge in [-0.3, -0.25) is 0 Å². The van der Waals surface area contributed by atoms with Crippen LogP contribution in [0.2, 0.25) is 5.02 Å². The van der Waals surface area contributed by atoms with Gasteiger partial charge in [0, 0.05) is 29.6 Å². The fraction of sp³-hybridized carbons (Fsp3) is 0.200. The predicted molar refractivity (Wildman–Crippen MR) is 82.6 cm³/mol. The third-order valence-electron chi connectivity index (χ3n) is 2.88. The summed E-state index contributed by atoms with van der Waals surface area (Å²) in [6, 6.07) is 16.6. The molecule has 1 nitrogen and oxygen atoms in total. The average Bonchev–Trinajstić information content (AvgIpc) is 2.39. The first kappa shape index (κ1) is 13.4. The van der Waals surface area contributed by atoms with Gasteiger partial charge in [-0.2, -0.15) is 0 Å². The van der Waals surface area contributed by atoms with Crippen LogP contribution in [0.4, 0.5) is 5.69 Å². The molecular formula is C15H15BrClN. The minimum atomic E-state index is 0.786. The molecule has 0 heterocycles. The van der Waals surface area contributed by atoms with Crippen LogP contribution in [0.3, 0.4) is 0 Å². The van der Waals surface area contributed by atoms with E-state index in [-0.39, 0.29) is 0 Å². The predicted octanol–water partition coefficient (Wildman–Crippen LogP) is 4.87. The molecule has 0 bridgehead atoms. The number of rotatable bonds is 4. The van der Waals surface area contributed by atoms with Gasteiger partial charge >= 0.3 is 0 Å². The van der Waals surface area contributed by atoms with Crippen LogP contribution in [0.1, 0.15) is 11.1 Å².